The highest BCUT2D eigenvalue weighted by Crippen LogP contribution is 2.24. The van der Waals surface area contributed by atoms with Crippen molar-refractivity contribution in [2.75, 3.05) is 20.2 Å². The van der Waals surface area contributed by atoms with E-state index in [2.05, 4.69) is 0 Å². The molecule has 0 bridgehead atoms. The van der Waals surface area contributed by atoms with Gasteiger partial charge in [0.1, 0.15) is 12.4 Å². The summed E-state index contributed by atoms with van der Waals surface area (Å²) in [5, 5.41) is 0. The first kappa shape index (κ1) is 18.6. The largest absolute Gasteiger partial charge is 0.453 e. The van der Waals surface area contributed by atoms with Gasteiger partial charge in [0.05, 0.1) is 0 Å². The van der Waals surface area contributed by atoms with E-state index in [1.165, 1.54) is 6.07 Å². The van der Waals surface area contributed by atoms with E-state index in [4.69, 9.17) is 9.15 Å². The van der Waals surface area contributed by atoms with Gasteiger partial charge >= 0.3 is 0 Å². The molecule has 0 N–H and O–H groups in total. The third-order valence-electron chi connectivity index (χ3n) is 4.79. The van der Waals surface area contributed by atoms with Crippen LogP contribution in [0.2, 0.25) is 0 Å². The molecule has 1 aromatic heterocycles. The molecule has 0 radical (unpaired) electrons. The number of amides is 1. The van der Waals surface area contributed by atoms with Crippen LogP contribution >= 0.6 is 0 Å². The second-order valence-corrected chi connectivity index (χ2v) is 6.75. The Morgan fingerprint density at radius 3 is 2.88 bits per heavy atom. The van der Waals surface area contributed by atoms with E-state index in [0.717, 1.165) is 30.9 Å². The fourth-order valence-electron chi connectivity index (χ4n) is 3.42. The molecule has 0 unspecified atom stereocenters. The number of benzene rings is 1. The molecule has 4 nitrogen and oxygen atoms in total. The zero-order valence-electron chi connectivity index (χ0n) is 14.8. The van der Waals surface area contributed by atoms with Gasteiger partial charge in [-0.2, -0.15) is 0 Å². The van der Waals surface area contributed by atoms with Crippen LogP contribution in [0.3, 0.4) is 0 Å². The maximum atomic E-state index is 13.3. The van der Waals surface area contributed by atoms with Crippen molar-refractivity contribution in [3.63, 3.8) is 0 Å². The van der Waals surface area contributed by atoms with Gasteiger partial charge in [-0.25, -0.2) is 8.78 Å². The number of furan rings is 1. The standard InChI is InChI=1S/C20H23F2NO3/c1-25-13-16-7-9-19(26-16)20(24)23-10-2-3-15(12-23)5-4-14-6-8-17(21)18(22)11-14/h6-9,11,15H,2-5,10,12-13H2,1H3/t15-/m1/s1. The van der Waals surface area contributed by atoms with Crippen molar-refractivity contribution in [3.05, 3.63) is 59.1 Å². The number of rotatable bonds is 6. The summed E-state index contributed by atoms with van der Waals surface area (Å²) in [6.45, 7) is 1.70. The lowest BCUT2D eigenvalue weighted by molar-refractivity contribution is 0.0629. The highest BCUT2D eigenvalue weighted by atomic mass is 19.2. The van der Waals surface area contributed by atoms with Crippen LogP contribution in [0, 0.1) is 17.6 Å². The molecular formula is C20H23F2NO3. The third-order valence-corrected chi connectivity index (χ3v) is 4.79. The van der Waals surface area contributed by atoms with Gasteiger partial charge in [-0.3, -0.25) is 4.79 Å². The van der Waals surface area contributed by atoms with Crippen molar-refractivity contribution < 1.29 is 22.7 Å². The van der Waals surface area contributed by atoms with Crippen LogP contribution in [-0.2, 0) is 17.8 Å². The highest BCUT2D eigenvalue weighted by molar-refractivity contribution is 5.91. The Balaban J connectivity index is 1.56. The summed E-state index contributed by atoms with van der Waals surface area (Å²) < 4.78 is 36.9. The lowest BCUT2D eigenvalue weighted by Crippen LogP contribution is -2.39. The van der Waals surface area contributed by atoms with Crippen molar-refractivity contribution in [1.82, 2.24) is 4.90 Å². The maximum absolute atomic E-state index is 13.3. The van der Waals surface area contributed by atoms with Gasteiger partial charge in [0.25, 0.3) is 5.91 Å². The maximum Gasteiger partial charge on any atom is 0.289 e. The Kier molecular flexibility index (Phi) is 6.04. The number of hydrogen-bond acceptors (Lipinski definition) is 3. The fourth-order valence-corrected chi connectivity index (χ4v) is 3.42. The molecule has 1 aliphatic heterocycles. The van der Waals surface area contributed by atoms with Crippen LogP contribution in [0.5, 0.6) is 0 Å². The number of methoxy groups -OCH3 is 1. The fraction of sp³-hybridized carbons (Fsp3) is 0.450. The van der Waals surface area contributed by atoms with Gasteiger partial charge in [-0.1, -0.05) is 6.07 Å². The summed E-state index contributed by atoms with van der Waals surface area (Å²) in [5.41, 5.74) is 0.780. The SMILES string of the molecule is COCc1ccc(C(=O)N2CCC[C@H](CCc3ccc(F)c(F)c3)C2)o1. The van der Waals surface area contributed by atoms with Gasteiger partial charge in [0.2, 0.25) is 0 Å². The predicted octanol–water partition coefficient (Wildman–Crippen LogP) is 4.19. The van der Waals surface area contributed by atoms with Crippen LogP contribution in [0.4, 0.5) is 8.78 Å². The third kappa shape index (κ3) is 4.49. The normalized spacial score (nSPS) is 17.5. The van der Waals surface area contributed by atoms with Crippen LogP contribution in [0.15, 0.2) is 34.7 Å². The molecule has 0 saturated carbocycles. The minimum absolute atomic E-state index is 0.107. The summed E-state index contributed by atoms with van der Waals surface area (Å²) in [4.78, 5) is 14.4. The van der Waals surface area contributed by atoms with Gasteiger partial charge in [-0.15, -0.1) is 0 Å². The molecule has 1 saturated heterocycles. The molecule has 140 valence electrons. The predicted molar refractivity (Wildman–Crippen MR) is 92.7 cm³/mol. The van der Waals surface area contributed by atoms with Crippen molar-refractivity contribution in [3.8, 4) is 0 Å². The van der Waals surface area contributed by atoms with E-state index in [9.17, 15) is 13.6 Å². The Labute approximate surface area is 151 Å². The lowest BCUT2D eigenvalue weighted by atomic mass is 9.91. The summed E-state index contributed by atoms with van der Waals surface area (Å²) in [6, 6.07) is 7.46. The van der Waals surface area contributed by atoms with Crippen LogP contribution in [-0.4, -0.2) is 31.0 Å². The molecule has 3 rings (SSSR count). The Bertz CT molecular complexity index is 759. The smallest absolute Gasteiger partial charge is 0.289 e. The quantitative estimate of drug-likeness (QED) is 0.773. The number of hydrogen-bond donors (Lipinski definition) is 0. The molecule has 1 fully saturated rings. The van der Waals surface area contributed by atoms with Crippen molar-refractivity contribution in [2.24, 2.45) is 5.92 Å². The second-order valence-electron chi connectivity index (χ2n) is 6.75. The number of carbonyl (C=O) groups excluding carboxylic acids is 1. The minimum Gasteiger partial charge on any atom is -0.453 e. The van der Waals surface area contributed by atoms with Gasteiger partial charge in [-0.05, 0) is 61.4 Å². The number of carbonyl (C=O) groups is 1. The van der Waals surface area contributed by atoms with E-state index < -0.39 is 11.6 Å². The molecule has 1 aliphatic rings. The summed E-state index contributed by atoms with van der Waals surface area (Å²) >= 11 is 0. The van der Waals surface area contributed by atoms with E-state index in [1.54, 1.807) is 25.3 Å². The summed E-state index contributed by atoms with van der Waals surface area (Å²) in [7, 11) is 1.58. The number of ether oxygens (including phenoxy) is 1. The molecular weight excluding hydrogens is 340 g/mol. The molecule has 0 spiro atoms. The molecule has 2 heterocycles. The van der Waals surface area contributed by atoms with E-state index in [1.807, 2.05) is 4.90 Å². The molecule has 1 atom stereocenters. The number of piperidine rings is 1. The van der Waals surface area contributed by atoms with Crippen molar-refractivity contribution in [1.29, 1.82) is 0 Å². The molecule has 26 heavy (non-hydrogen) atoms. The first-order valence-electron chi connectivity index (χ1n) is 8.87. The molecule has 1 amide bonds. The zero-order valence-corrected chi connectivity index (χ0v) is 14.8. The van der Waals surface area contributed by atoms with Crippen LogP contribution in [0.1, 0.15) is 41.1 Å². The average Bonchev–Trinajstić information content (AvgIpc) is 3.11. The molecule has 2 aromatic rings. The topological polar surface area (TPSA) is 42.7 Å². The average molecular weight is 363 g/mol. The van der Waals surface area contributed by atoms with Crippen LogP contribution in [0.25, 0.3) is 0 Å². The first-order chi connectivity index (χ1) is 12.6. The minimum atomic E-state index is -0.825. The van der Waals surface area contributed by atoms with Gasteiger partial charge in [0.15, 0.2) is 17.4 Å². The molecule has 1 aromatic carbocycles. The number of nitrogens with zero attached hydrogens (tertiary/aromatic N) is 1. The number of halogens is 2. The number of likely N-dealkylation sites (tertiary alicyclic amines) is 1. The lowest BCUT2D eigenvalue weighted by Gasteiger charge is -2.32. The summed E-state index contributed by atoms with van der Waals surface area (Å²) in [6.07, 6.45) is 3.46. The molecule has 0 aliphatic carbocycles. The zero-order chi connectivity index (χ0) is 18.5. The van der Waals surface area contributed by atoms with Gasteiger partial charge in [0, 0.05) is 20.2 Å². The van der Waals surface area contributed by atoms with E-state index >= 15 is 0 Å². The number of aryl methyl sites for hydroxylation is 1. The molecule has 6 heteroatoms. The van der Waals surface area contributed by atoms with E-state index in [-0.39, 0.29) is 5.91 Å². The Hall–Kier alpha value is -2.21. The van der Waals surface area contributed by atoms with Crippen molar-refractivity contribution in [2.45, 2.75) is 32.3 Å². The first-order valence-corrected chi connectivity index (χ1v) is 8.87. The Morgan fingerprint density at radius 2 is 2.12 bits per heavy atom. The Morgan fingerprint density at radius 1 is 1.27 bits per heavy atom. The van der Waals surface area contributed by atoms with Crippen molar-refractivity contribution >= 4 is 5.91 Å². The monoisotopic (exact) mass is 363 g/mol. The van der Waals surface area contributed by atoms with Crippen LogP contribution < -0.4 is 0 Å². The van der Waals surface area contributed by atoms with Gasteiger partial charge < -0.3 is 14.1 Å². The summed E-state index contributed by atoms with van der Waals surface area (Å²) in [5.74, 6) is -0.442. The van der Waals surface area contributed by atoms with E-state index in [0.29, 0.717) is 43.6 Å². The highest BCUT2D eigenvalue weighted by Gasteiger charge is 2.26. The second kappa shape index (κ2) is 8.45.